The number of rotatable bonds is 6. The van der Waals surface area contributed by atoms with E-state index < -0.39 is 0 Å². The highest BCUT2D eigenvalue weighted by Crippen LogP contribution is 2.17. The van der Waals surface area contributed by atoms with Gasteiger partial charge in [0.1, 0.15) is 5.69 Å². The van der Waals surface area contributed by atoms with E-state index in [0.717, 1.165) is 28.9 Å². The molecule has 8 heteroatoms. The number of imidazole rings is 1. The van der Waals surface area contributed by atoms with Crippen LogP contribution in [0.3, 0.4) is 0 Å². The second-order valence-electron chi connectivity index (χ2n) is 8.11. The number of hydrogen-bond acceptors (Lipinski definition) is 4. The molecule has 0 unspecified atom stereocenters. The van der Waals surface area contributed by atoms with E-state index in [1.165, 1.54) is 0 Å². The molecule has 4 rings (SSSR count). The first-order valence-electron chi connectivity index (χ1n) is 10.5. The zero-order valence-corrected chi connectivity index (χ0v) is 18.5. The first kappa shape index (κ1) is 20.8. The number of fused-ring (bicyclic) bond motifs is 1. The summed E-state index contributed by atoms with van der Waals surface area (Å²) in [5, 5.41) is 4.44. The molecule has 1 aromatic carbocycles. The molecule has 1 aliphatic heterocycles. The van der Waals surface area contributed by atoms with Crippen molar-refractivity contribution in [2.75, 3.05) is 20.1 Å². The summed E-state index contributed by atoms with van der Waals surface area (Å²) in [4.78, 5) is 33.7. The van der Waals surface area contributed by atoms with E-state index in [9.17, 15) is 9.59 Å². The van der Waals surface area contributed by atoms with Crippen LogP contribution in [0.5, 0.6) is 0 Å². The van der Waals surface area contributed by atoms with Crippen molar-refractivity contribution in [3.05, 3.63) is 70.6 Å². The molecule has 0 bridgehead atoms. The van der Waals surface area contributed by atoms with E-state index in [4.69, 9.17) is 0 Å². The maximum Gasteiger partial charge on any atom is 0.290 e. The lowest BCUT2D eigenvalue weighted by atomic mass is 10.1. The van der Waals surface area contributed by atoms with Gasteiger partial charge in [-0.1, -0.05) is 30.3 Å². The van der Waals surface area contributed by atoms with Gasteiger partial charge < -0.3 is 14.4 Å². The first-order valence-corrected chi connectivity index (χ1v) is 10.5. The van der Waals surface area contributed by atoms with Gasteiger partial charge in [0.15, 0.2) is 5.82 Å². The molecule has 0 N–H and O–H groups in total. The van der Waals surface area contributed by atoms with E-state index in [1.54, 1.807) is 27.6 Å². The number of carbonyl (C=O) groups is 2. The molecule has 8 nitrogen and oxygen atoms in total. The number of aryl methyl sites for hydroxylation is 2. The fraction of sp³-hybridized carbons (Fsp3) is 0.391. The highest BCUT2D eigenvalue weighted by Gasteiger charge is 2.29. The Morgan fingerprint density at radius 1 is 1.16 bits per heavy atom. The highest BCUT2D eigenvalue weighted by molar-refractivity contribution is 5.96. The van der Waals surface area contributed by atoms with Gasteiger partial charge in [0.25, 0.3) is 11.8 Å². The van der Waals surface area contributed by atoms with Crippen molar-refractivity contribution in [2.45, 2.75) is 33.4 Å². The maximum atomic E-state index is 12.9. The van der Waals surface area contributed by atoms with Crippen molar-refractivity contribution < 1.29 is 9.59 Å². The van der Waals surface area contributed by atoms with E-state index in [-0.39, 0.29) is 11.8 Å². The highest BCUT2D eigenvalue weighted by atomic mass is 16.2. The van der Waals surface area contributed by atoms with Crippen molar-refractivity contribution in [3.8, 4) is 0 Å². The smallest absolute Gasteiger partial charge is 0.290 e. The van der Waals surface area contributed by atoms with Crippen molar-refractivity contribution in [2.24, 2.45) is 7.05 Å². The zero-order chi connectivity index (χ0) is 22.1. The van der Waals surface area contributed by atoms with Crippen LogP contribution in [0.25, 0.3) is 0 Å². The normalized spacial score (nSPS) is 13.4. The van der Waals surface area contributed by atoms with Gasteiger partial charge >= 0.3 is 0 Å². The van der Waals surface area contributed by atoms with Gasteiger partial charge in [0, 0.05) is 52.2 Å². The molecule has 3 aromatic rings. The number of amides is 2. The molecule has 0 fully saturated rings. The number of benzene rings is 1. The molecule has 0 radical (unpaired) electrons. The summed E-state index contributed by atoms with van der Waals surface area (Å²) in [5.41, 5.74) is 4.65. The second-order valence-corrected chi connectivity index (χ2v) is 8.11. The lowest BCUT2D eigenvalue weighted by molar-refractivity contribution is 0.0683. The number of hydrogen-bond donors (Lipinski definition) is 0. The summed E-state index contributed by atoms with van der Waals surface area (Å²) in [5.74, 6) is 0.0137. The second kappa shape index (κ2) is 8.37. The molecule has 0 saturated heterocycles. The Balaban J connectivity index is 1.43. The minimum absolute atomic E-state index is 0.140. The molecule has 1 aliphatic rings. The van der Waals surface area contributed by atoms with Crippen LogP contribution in [0.15, 0.2) is 36.5 Å². The van der Waals surface area contributed by atoms with E-state index >= 15 is 0 Å². The first-order chi connectivity index (χ1) is 14.8. The predicted octanol–water partition coefficient (Wildman–Crippen LogP) is 2.20. The van der Waals surface area contributed by atoms with Gasteiger partial charge in [-0.25, -0.2) is 4.98 Å². The van der Waals surface area contributed by atoms with Crippen LogP contribution >= 0.6 is 0 Å². The molecule has 0 atom stereocenters. The molecule has 3 heterocycles. The largest absolute Gasteiger partial charge is 0.340 e. The van der Waals surface area contributed by atoms with Gasteiger partial charge in [0.2, 0.25) is 0 Å². The zero-order valence-electron chi connectivity index (χ0n) is 18.5. The Labute approximate surface area is 182 Å². The monoisotopic (exact) mass is 420 g/mol. The van der Waals surface area contributed by atoms with Crippen LogP contribution in [0.2, 0.25) is 0 Å². The van der Waals surface area contributed by atoms with Crippen LogP contribution in [-0.2, 0) is 26.6 Å². The molecule has 2 amide bonds. The maximum absolute atomic E-state index is 12.9. The lowest BCUT2D eigenvalue weighted by Gasteiger charge is -2.27. The standard InChI is InChI=1S/C23H28N6O2/c1-16-19(17(2)27(4)25-16)10-11-26(3)22(30)20-15-28-12-13-29(23(31)21(28)24-20)14-18-8-6-5-7-9-18/h5-9,15H,10-14H2,1-4H3. The fourth-order valence-corrected chi connectivity index (χ4v) is 4.04. The molecule has 2 aromatic heterocycles. The third-order valence-corrected chi connectivity index (χ3v) is 6.00. The van der Waals surface area contributed by atoms with Gasteiger partial charge in [0.05, 0.1) is 5.69 Å². The summed E-state index contributed by atoms with van der Waals surface area (Å²) in [7, 11) is 3.69. The summed E-state index contributed by atoms with van der Waals surface area (Å²) in [6, 6.07) is 9.89. The van der Waals surface area contributed by atoms with Crippen molar-refractivity contribution in [3.63, 3.8) is 0 Å². The third kappa shape index (κ3) is 4.10. The number of carbonyl (C=O) groups excluding carboxylic acids is 2. The Morgan fingerprint density at radius 3 is 2.58 bits per heavy atom. The summed E-state index contributed by atoms with van der Waals surface area (Å²) in [6.45, 7) is 6.35. The van der Waals surface area contributed by atoms with Crippen LogP contribution in [0, 0.1) is 13.8 Å². The minimum Gasteiger partial charge on any atom is -0.340 e. The Bertz CT molecular complexity index is 1110. The predicted molar refractivity (Wildman–Crippen MR) is 117 cm³/mol. The van der Waals surface area contributed by atoms with Gasteiger partial charge in [-0.3, -0.25) is 14.3 Å². The SMILES string of the molecule is Cc1nn(C)c(C)c1CCN(C)C(=O)c1cn2c(n1)C(=O)N(Cc1ccccc1)CC2. The number of nitrogens with zero attached hydrogens (tertiary/aromatic N) is 6. The van der Waals surface area contributed by atoms with Crippen molar-refractivity contribution in [1.82, 2.24) is 29.1 Å². The van der Waals surface area contributed by atoms with E-state index in [1.807, 2.05) is 55.9 Å². The van der Waals surface area contributed by atoms with E-state index in [2.05, 4.69) is 10.1 Å². The van der Waals surface area contributed by atoms with Gasteiger partial charge in [-0.15, -0.1) is 0 Å². The van der Waals surface area contributed by atoms with Gasteiger partial charge in [-0.2, -0.15) is 5.10 Å². The molecular weight excluding hydrogens is 392 g/mol. The molecule has 0 aliphatic carbocycles. The van der Waals surface area contributed by atoms with Crippen LogP contribution in [0.1, 0.15) is 43.6 Å². The average molecular weight is 421 g/mol. The third-order valence-electron chi connectivity index (χ3n) is 6.00. The minimum atomic E-state index is -0.177. The Kier molecular flexibility index (Phi) is 5.63. The average Bonchev–Trinajstić information content (AvgIpc) is 3.30. The van der Waals surface area contributed by atoms with Crippen LogP contribution in [0.4, 0.5) is 0 Å². The number of likely N-dealkylation sites (N-methyl/N-ethyl adjacent to an activating group) is 1. The molecule has 0 saturated carbocycles. The van der Waals surface area contributed by atoms with Crippen LogP contribution in [-0.4, -0.2) is 61.1 Å². The summed E-state index contributed by atoms with van der Waals surface area (Å²) >= 11 is 0. The molecular formula is C23H28N6O2. The topological polar surface area (TPSA) is 76.3 Å². The Morgan fingerprint density at radius 2 is 1.90 bits per heavy atom. The molecule has 162 valence electrons. The fourth-order valence-electron chi connectivity index (χ4n) is 4.04. The Hall–Kier alpha value is -3.42. The van der Waals surface area contributed by atoms with E-state index in [0.29, 0.717) is 37.7 Å². The molecule has 31 heavy (non-hydrogen) atoms. The van der Waals surface area contributed by atoms with Gasteiger partial charge in [-0.05, 0) is 31.4 Å². The van der Waals surface area contributed by atoms with Crippen molar-refractivity contribution in [1.29, 1.82) is 0 Å². The lowest BCUT2D eigenvalue weighted by Crippen LogP contribution is -2.39. The summed E-state index contributed by atoms with van der Waals surface area (Å²) < 4.78 is 3.66. The molecule has 0 spiro atoms. The van der Waals surface area contributed by atoms with Crippen molar-refractivity contribution >= 4 is 11.8 Å². The summed E-state index contributed by atoms with van der Waals surface area (Å²) in [6.07, 6.45) is 2.43. The number of aromatic nitrogens is 4. The quantitative estimate of drug-likeness (QED) is 0.613. The van der Waals surface area contributed by atoms with Crippen LogP contribution < -0.4 is 0 Å².